The summed E-state index contributed by atoms with van der Waals surface area (Å²) < 4.78 is 22.6. The molecule has 0 spiro atoms. The molecule has 4 nitrogen and oxygen atoms in total. The molecule has 0 N–H and O–H groups in total. The molecule has 1 saturated heterocycles. The quantitative estimate of drug-likeness (QED) is 0.533. The largest absolute Gasteiger partial charge is 0.420 e. The van der Waals surface area contributed by atoms with E-state index in [9.17, 15) is 0 Å². The van der Waals surface area contributed by atoms with Crippen LogP contribution in [0.1, 0.15) is 0 Å². The fourth-order valence-electron chi connectivity index (χ4n) is 1.21. The summed E-state index contributed by atoms with van der Waals surface area (Å²) in [5.74, 6) is 0. The SMILES string of the molecule is C[SiH]1O[SiH](C)O[SiH](C)O[SiH](C)O1.[Si]. The highest BCUT2D eigenvalue weighted by Crippen LogP contribution is 2.06. The topological polar surface area (TPSA) is 36.9 Å². The van der Waals surface area contributed by atoms with E-state index in [1.807, 2.05) is 26.2 Å². The van der Waals surface area contributed by atoms with Crippen LogP contribution in [0.15, 0.2) is 0 Å². The number of hydrogen-bond acceptors (Lipinski definition) is 4. The summed E-state index contributed by atoms with van der Waals surface area (Å²) in [5, 5.41) is 0. The van der Waals surface area contributed by atoms with Gasteiger partial charge in [0.1, 0.15) is 0 Å². The molecule has 0 aromatic rings. The maximum Gasteiger partial charge on any atom is 0.300 e. The third kappa shape index (κ3) is 5.38. The first-order valence-corrected chi connectivity index (χ1v) is 12.6. The van der Waals surface area contributed by atoms with Crippen LogP contribution in [0.2, 0.25) is 26.2 Å². The molecule has 1 heterocycles. The van der Waals surface area contributed by atoms with Gasteiger partial charge in [-0.25, -0.2) is 0 Å². The van der Waals surface area contributed by atoms with Gasteiger partial charge < -0.3 is 16.5 Å². The molecule has 13 heavy (non-hydrogen) atoms. The molecular weight excluding hydrogens is 252 g/mol. The second kappa shape index (κ2) is 6.42. The van der Waals surface area contributed by atoms with Gasteiger partial charge in [-0.3, -0.25) is 0 Å². The van der Waals surface area contributed by atoms with Crippen molar-refractivity contribution in [1.29, 1.82) is 0 Å². The molecule has 0 amide bonds. The van der Waals surface area contributed by atoms with Gasteiger partial charge in [0.2, 0.25) is 0 Å². The Balaban J connectivity index is 0.00000144. The molecule has 1 aliphatic rings. The molecule has 0 aromatic heterocycles. The van der Waals surface area contributed by atoms with E-state index < -0.39 is 37.1 Å². The Kier molecular flexibility index (Phi) is 6.87. The first-order valence-electron chi connectivity index (χ1n) is 4.20. The molecule has 76 valence electrons. The van der Waals surface area contributed by atoms with Gasteiger partial charge in [0.05, 0.1) is 0 Å². The van der Waals surface area contributed by atoms with Crippen molar-refractivity contribution in [2.75, 3.05) is 0 Å². The zero-order chi connectivity index (χ0) is 9.14. The Labute approximate surface area is 91.0 Å². The van der Waals surface area contributed by atoms with E-state index in [0.717, 1.165) is 0 Å². The molecule has 4 radical (unpaired) electrons. The molecule has 1 aliphatic heterocycles. The standard InChI is InChI=1S/C4H16O4Si4.Si/c1-9-5-10(2)7-12(4)8-11(3)6-9;/h9-12H,1-4H3;. The first kappa shape index (κ1) is 13.9. The molecule has 0 saturated carbocycles. The van der Waals surface area contributed by atoms with Crippen molar-refractivity contribution in [3.63, 3.8) is 0 Å². The molecule has 1 rings (SSSR count). The van der Waals surface area contributed by atoms with Gasteiger partial charge in [-0.05, 0) is 26.2 Å². The summed E-state index contributed by atoms with van der Waals surface area (Å²) >= 11 is 0. The van der Waals surface area contributed by atoms with Crippen molar-refractivity contribution < 1.29 is 16.5 Å². The van der Waals surface area contributed by atoms with E-state index in [0.29, 0.717) is 0 Å². The lowest BCUT2D eigenvalue weighted by Gasteiger charge is -2.28. The van der Waals surface area contributed by atoms with Crippen LogP contribution < -0.4 is 0 Å². The summed E-state index contributed by atoms with van der Waals surface area (Å²) in [6.07, 6.45) is 0. The zero-order valence-corrected chi connectivity index (χ0v) is 14.1. The van der Waals surface area contributed by atoms with Crippen molar-refractivity contribution in [3.05, 3.63) is 0 Å². The van der Waals surface area contributed by atoms with Crippen molar-refractivity contribution in [1.82, 2.24) is 0 Å². The lowest BCUT2D eigenvalue weighted by molar-refractivity contribution is 0.295. The van der Waals surface area contributed by atoms with E-state index in [1.165, 1.54) is 0 Å². The average molecular weight is 269 g/mol. The third-order valence-electron chi connectivity index (χ3n) is 1.53. The first-order chi connectivity index (χ1) is 5.58. The summed E-state index contributed by atoms with van der Waals surface area (Å²) in [4.78, 5) is 0. The van der Waals surface area contributed by atoms with Crippen LogP contribution in [0.3, 0.4) is 0 Å². The third-order valence-corrected chi connectivity index (χ3v) is 13.8. The van der Waals surface area contributed by atoms with Crippen molar-refractivity contribution in [2.45, 2.75) is 26.2 Å². The lowest BCUT2D eigenvalue weighted by Crippen LogP contribution is -2.44. The minimum Gasteiger partial charge on any atom is -0.420 e. The molecule has 0 unspecified atom stereocenters. The molecule has 0 bridgehead atoms. The van der Waals surface area contributed by atoms with Crippen LogP contribution in [0.5, 0.6) is 0 Å². The van der Waals surface area contributed by atoms with Crippen molar-refractivity contribution in [3.8, 4) is 0 Å². The number of hydrogen-bond donors (Lipinski definition) is 0. The maximum absolute atomic E-state index is 5.65. The second-order valence-corrected chi connectivity index (χ2v) is 11.7. The van der Waals surface area contributed by atoms with Gasteiger partial charge in [-0.2, -0.15) is 0 Å². The van der Waals surface area contributed by atoms with Crippen LogP contribution in [0, 0.1) is 0 Å². The summed E-state index contributed by atoms with van der Waals surface area (Å²) in [6, 6.07) is 0. The fourth-order valence-corrected chi connectivity index (χ4v) is 13.2. The second-order valence-electron chi connectivity index (χ2n) is 2.81. The molecule has 1 fully saturated rings. The van der Waals surface area contributed by atoms with Crippen molar-refractivity contribution >= 4 is 48.1 Å². The highest BCUT2D eigenvalue weighted by Gasteiger charge is 2.25. The zero-order valence-electron chi connectivity index (χ0n) is 8.44. The van der Waals surface area contributed by atoms with E-state index in [1.54, 1.807) is 0 Å². The van der Waals surface area contributed by atoms with Gasteiger partial charge in [0, 0.05) is 11.0 Å². The van der Waals surface area contributed by atoms with Crippen LogP contribution >= 0.6 is 0 Å². The monoisotopic (exact) mass is 268 g/mol. The Morgan fingerprint density at radius 3 is 0.846 bits per heavy atom. The number of rotatable bonds is 0. The van der Waals surface area contributed by atoms with E-state index in [2.05, 4.69) is 0 Å². The van der Waals surface area contributed by atoms with Gasteiger partial charge >= 0.3 is 0 Å². The maximum atomic E-state index is 5.65. The van der Waals surface area contributed by atoms with Gasteiger partial charge in [0.15, 0.2) is 0 Å². The normalized spacial score (nSPS) is 41.5. The van der Waals surface area contributed by atoms with Gasteiger partial charge in [-0.15, -0.1) is 0 Å². The average Bonchev–Trinajstić information content (AvgIpc) is 1.81. The van der Waals surface area contributed by atoms with Gasteiger partial charge in [-0.1, -0.05) is 0 Å². The van der Waals surface area contributed by atoms with E-state index in [4.69, 9.17) is 16.5 Å². The highest BCUT2D eigenvalue weighted by molar-refractivity contribution is 6.72. The Morgan fingerprint density at radius 1 is 0.538 bits per heavy atom. The minimum absolute atomic E-state index is 0. The molecule has 0 aromatic carbocycles. The van der Waals surface area contributed by atoms with Gasteiger partial charge in [0.25, 0.3) is 37.1 Å². The van der Waals surface area contributed by atoms with Crippen molar-refractivity contribution in [2.24, 2.45) is 0 Å². The van der Waals surface area contributed by atoms with Crippen LogP contribution in [0.25, 0.3) is 0 Å². The summed E-state index contributed by atoms with van der Waals surface area (Å²) in [5.41, 5.74) is 0. The lowest BCUT2D eigenvalue weighted by atomic mass is 11.9. The molecule has 9 heteroatoms. The van der Waals surface area contributed by atoms with Crippen LogP contribution in [0.4, 0.5) is 0 Å². The highest BCUT2D eigenvalue weighted by atomic mass is 28.5. The smallest absolute Gasteiger partial charge is 0.300 e. The fraction of sp³-hybridized carbons (Fsp3) is 1.00. The molecule has 0 atom stereocenters. The summed E-state index contributed by atoms with van der Waals surface area (Å²) in [6.45, 7) is 8.16. The Hall–Kier alpha value is 0.924. The molecule has 0 aliphatic carbocycles. The Bertz CT molecular complexity index is 108. The minimum atomic E-state index is -1.42. The molecular formula is C4H16O4Si5. The summed E-state index contributed by atoms with van der Waals surface area (Å²) in [7, 11) is -5.66. The predicted octanol–water partition coefficient (Wildman–Crippen LogP) is -0.913. The Morgan fingerprint density at radius 2 is 0.692 bits per heavy atom. The van der Waals surface area contributed by atoms with E-state index in [-0.39, 0.29) is 11.0 Å². The van der Waals surface area contributed by atoms with Crippen LogP contribution in [-0.4, -0.2) is 48.1 Å². The van der Waals surface area contributed by atoms with E-state index >= 15 is 0 Å². The van der Waals surface area contributed by atoms with Crippen LogP contribution in [-0.2, 0) is 16.5 Å². The predicted molar refractivity (Wildman–Crippen MR) is 62.1 cm³/mol.